The summed E-state index contributed by atoms with van der Waals surface area (Å²) < 4.78 is 10.9. The van der Waals surface area contributed by atoms with E-state index in [1.807, 2.05) is 11.4 Å². The number of oxazole rings is 1. The molecule has 2 aromatic rings. The zero-order valence-electron chi connectivity index (χ0n) is 11.6. The summed E-state index contributed by atoms with van der Waals surface area (Å²) in [7, 11) is 1.67. The van der Waals surface area contributed by atoms with Crippen LogP contribution in [-0.4, -0.2) is 24.7 Å². The number of hydrogen-bond acceptors (Lipinski definition) is 5. The predicted octanol–water partition coefficient (Wildman–Crippen LogP) is 3.34. The summed E-state index contributed by atoms with van der Waals surface area (Å²) in [6.07, 6.45) is 3.69. The summed E-state index contributed by atoms with van der Waals surface area (Å²) in [6, 6.07) is 2.49. The fraction of sp³-hybridized carbons (Fsp3) is 0.500. The summed E-state index contributed by atoms with van der Waals surface area (Å²) >= 11 is 1.60. The summed E-state index contributed by atoms with van der Waals surface area (Å²) in [5, 5.41) is 5.34. The highest BCUT2D eigenvalue weighted by atomic mass is 32.1. The first-order valence-corrected chi connectivity index (χ1v) is 7.38. The minimum Gasteiger partial charge on any atom is -0.496 e. The molecule has 2 aromatic heterocycles. The van der Waals surface area contributed by atoms with Gasteiger partial charge in [0.2, 0.25) is 0 Å². The molecular weight excluding hydrogens is 260 g/mol. The Bertz CT molecular complexity index is 505. The van der Waals surface area contributed by atoms with E-state index in [-0.39, 0.29) is 0 Å². The summed E-state index contributed by atoms with van der Waals surface area (Å²) in [5.41, 5.74) is 0. The van der Waals surface area contributed by atoms with Gasteiger partial charge in [-0.15, -0.1) is 11.3 Å². The van der Waals surface area contributed by atoms with Crippen LogP contribution in [0.3, 0.4) is 0 Å². The second-order valence-corrected chi connectivity index (χ2v) is 5.59. The molecule has 2 heterocycles. The lowest BCUT2D eigenvalue weighted by Gasteiger charge is -2.05. The molecule has 0 fully saturated rings. The molecule has 104 valence electrons. The molecule has 0 aliphatic rings. The van der Waals surface area contributed by atoms with Gasteiger partial charge >= 0.3 is 0 Å². The quantitative estimate of drug-likeness (QED) is 0.790. The van der Waals surface area contributed by atoms with E-state index in [0.717, 1.165) is 41.7 Å². The van der Waals surface area contributed by atoms with Crippen LogP contribution in [0.25, 0.3) is 10.6 Å². The summed E-state index contributed by atoms with van der Waals surface area (Å²) in [4.78, 5) is 5.37. The lowest BCUT2D eigenvalue weighted by Crippen LogP contribution is -2.23. The summed E-state index contributed by atoms with van der Waals surface area (Å²) in [6.45, 7) is 5.28. The first-order valence-electron chi connectivity index (χ1n) is 6.50. The van der Waals surface area contributed by atoms with Gasteiger partial charge in [0.1, 0.15) is 5.75 Å². The van der Waals surface area contributed by atoms with Crippen molar-refractivity contribution in [1.29, 1.82) is 0 Å². The maximum absolute atomic E-state index is 5.75. The van der Waals surface area contributed by atoms with E-state index < -0.39 is 0 Å². The lowest BCUT2D eigenvalue weighted by molar-refractivity contribution is 0.416. The van der Waals surface area contributed by atoms with Gasteiger partial charge in [-0.3, -0.25) is 0 Å². The third-order valence-corrected chi connectivity index (χ3v) is 3.65. The standard InChI is InChI=1S/C14H20N2O2S/c1-10(2)15-6-4-5-14-16-8-12(18-14)13-7-11(17-3)9-19-13/h7-10,15H,4-6H2,1-3H3. The van der Waals surface area contributed by atoms with Crippen LogP contribution in [-0.2, 0) is 6.42 Å². The van der Waals surface area contributed by atoms with E-state index >= 15 is 0 Å². The zero-order chi connectivity index (χ0) is 13.7. The topological polar surface area (TPSA) is 47.3 Å². The van der Waals surface area contributed by atoms with Crippen molar-refractivity contribution >= 4 is 11.3 Å². The van der Waals surface area contributed by atoms with Crippen LogP contribution in [0.5, 0.6) is 5.75 Å². The lowest BCUT2D eigenvalue weighted by atomic mass is 10.3. The fourth-order valence-corrected chi connectivity index (χ4v) is 2.53. The van der Waals surface area contributed by atoms with Crippen molar-refractivity contribution in [2.45, 2.75) is 32.7 Å². The first-order chi connectivity index (χ1) is 9.19. The maximum atomic E-state index is 5.75. The Labute approximate surface area is 117 Å². The Morgan fingerprint density at radius 3 is 3.00 bits per heavy atom. The highest BCUT2D eigenvalue weighted by Gasteiger charge is 2.09. The minimum atomic E-state index is 0.527. The molecule has 0 aliphatic carbocycles. The Kier molecular flexibility index (Phi) is 4.99. The number of nitrogens with zero attached hydrogens (tertiary/aromatic N) is 1. The third kappa shape index (κ3) is 4.08. The van der Waals surface area contributed by atoms with Crippen LogP contribution >= 0.6 is 11.3 Å². The van der Waals surface area contributed by atoms with Gasteiger partial charge in [0.25, 0.3) is 0 Å². The maximum Gasteiger partial charge on any atom is 0.194 e. The monoisotopic (exact) mass is 280 g/mol. The molecule has 5 heteroatoms. The van der Waals surface area contributed by atoms with E-state index in [1.165, 1.54) is 0 Å². The van der Waals surface area contributed by atoms with Crippen LogP contribution in [0, 0.1) is 0 Å². The number of nitrogens with one attached hydrogen (secondary N) is 1. The van der Waals surface area contributed by atoms with Crippen molar-refractivity contribution in [2.24, 2.45) is 0 Å². The number of ether oxygens (including phenoxy) is 1. The molecule has 0 atom stereocenters. The van der Waals surface area contributed by atoms with Crippen molar-refractivity contribution < 1.29 is 9.15 Å². The van der Waals surface area contributed by atoms with E-state index in [1.54, 1.807) is 24.6 Å². The second-order valence-electron chi connectivity index (χ2n) is 4.68. The highest BCUT2D eigenvalue weighted by Crippen LogP contribution is 2.31. The van der Waals surface area contributed by atoms with E-state index in [0.29, 0.717) is 6.04 Å². The normalized spacial score (nSPS) is 11.2. The molecule has 4 nitrogen and oxygen atoms in total. The first kappa shape index (κ1) is 14.1. The van der Waals surface area contributed by atoms with Crippen LogP contribution in [0.4, 0.5) is 0 Å². The Morgan fingerprint density at radius 1 is 1.47 bits per heavy atom. The Morgan fingerprint density at radius 2 is 2.32 bits per heavy atom. The van der Waals surface area contributed by atoms with Gasteiger partial charge in [-0.2, -0.15) is 0 Å². The van der Waals surface area contributed by atoms with Gasteiger partial charge < -0.3 is 14.5 Å². The number of aromatic nitrogens is 1. The van der Waals surface area contributed by atoms with Crippen LogP contribution < -0.4 is 10.1 Å². The molecule has 0 radical (unpaired) electrons. The number of aryl methyl sites for hydroxylation is 1. The molecule has 0 amide bonds. The zero-order valence-corrected chi connectivity index (χ0v) is 12.4. The largest absolute Gasteiger partial charge is 0.496 e. The molecule has 0 aromatic carbocycles. The molecule has 0 saturated heterocycles. The molecule has 0 spiro atoms. The van der Waals surface area contributed by atoms with Crippen molar-refractivity contribution in [2.75, 3.05) is 13.7 Å². The number of hydrogen-bond donors (Lipinski definition) is 1. The number of rotatable bonds is 7. The SMILES string of the molecule is COc1csc(-c2cnc(CCCNC(C)C)o2)c1. The molecule has 0 aliphatic heterocycles. The van der Waals surface area contributed by atoms with Gasteiger partial charge in [-0.05, 0) is 13.0 Å². The van der Waals surface area contributed by atoms with Crippen molar-refractivity contribution in [1.82, 2.24) is 10.3 Å². The summed E-state index contributed by atoms with van der Waals surface area (Å²) in [5.74, 6) is 2.48. The molecule has 0 bridgehead atoms. The minimum absolute atomic E-state index is 0.527. The van der Waals surface area contributed by atoms with E-state index in [2.05, 4.69) is 24.1 Å². The fourth-order valence-electron chi connectivity index (χ4n) is 1.73. The van der Waals surface area contributed by atoms with Gasteiger partial charge in [-0.25, -0.2) is 4.98 Å². The van der Waals surface area contributed by atoms with E-state index in [4.69, 9.17) is 9.15 Å². The third-order valence-electron chi connectivity index (χ3n) is 2.73. The van der Waals surface area contributed by atoms with Gasteiger partial charge in [0.15, 0.2) is 11.7 Å². The molecule has 19 heavy (non-hydrogen) atoms. The highest BCUT2D eigenvalue weighted by molar-refractivity contribution is 7.13. The van der Waals surface area contributed by atoms with Crippen LogP contribution in [0.1, 0.15) is 26.2 Å². The molecule has 0 saturated carbocycles. The predicted molar refractivity (Wildman–Crippen MR) is 77.8 cm³/mol. The molecule has 2 rings (SSSR count). The smallest absolute Gasteiger partial charge is 0.194 e. The van der Waals surface area contributed by atoms with Gasteiger partial charge in [0, 0.05) is 23.9 Å². The van der Waals surface area contributed by atoms with Crippen molar-refractivity contribution in [3.05, 3.63) is 23.5 Å². The molecular formula is C14H20N2O2S. The van der Waals surface area contributed by atoms with Crippen LogP contribution in [0.15, 0.2) is 22.1 Å². The average molecular weight is 280 g/mol. The van der Waals surface area contributed by atoms with Crippen molar-refractivity contribution in [3.63, 3.8) is 0 Å². The van der Waals surface area contributed by atoms with Crippen LogP contribution in [0.2, 0.25) is 0 Å². The van der Waals surface area contributed by atoms with Gasteiger partial charge in [-0.1, -0.05) is 13.8 Å². The number of thiophene rings is 1. The average Bonchev–Trinajstić information content (AvgIpc) is 3.02. The molecule has 1 N–H and O–H groups in total. The Hall–Kier alpha value is -1.33. The van der Waals surface area contributed by atoms with Gasteiger partial charge in [0.05, 0.1) is 18.2 Å². The Balaban J connectivity index is 1.88. The second kappa shape index (κ2) is 6.73. The van der Waals surface area contributed by atoms with E-state index in [9.17, 15) is 0 Å². The molecule has 0 unspecified atom stereocenters. The number of methoxy groups -OCH3 is 1. The van der Waals surface area contributed by atoms with Crippen molar-refractivity contribution in [3.8, 4) is 16.4 Å².